The zero-order valence-corrected chi connectivity index (χ0v) is 19.7. The summed E-state index contributed by atoms with van der Waals surface area (Å²) in [5.41, 5.74) is 2.55. The lowest BCUT2D eigenvalue weighted by Gasteiger charge is -2.29. The van der Waals surface area contributed by atoms with Gasteiger partial charge in [-0.3, -0.25) is 14.5 Å². The molecule has 1 aromatic heterocycles. The lowest BCUT2D eigenvalue weighted by Crippen LogP contribution is -2.38. The Morgan fingerprint density at radius 2 is 1.88 bits per heavy atom. The highest BCUT2D eigenvalue weighted by atomic mass is 16.5. The molecular weight excluding hydrogens is 432 g/mol. The van der Waals surface area contributed by atoms with Gasteiger partial charge < -0.3 is 18.8 Å². The molecule has 5 rings (SSSR count). The molecule has 7 heteroatoms. The summed E-state index contributed by atoms with van der Waals surface area (Å²) in [4.78, 5) is 31.4. The van der Waals surface area contributed by atoms with E-state index in [0.29, 0.717) is 29.7 Å². The molecule has 1 atom stereocenters. The van der Waals surface area contributed by atoms with E-state index in [2.05, 4.69) is 4.90 Å². The number of ether oxygens (including phenoxy) is 2. The maximum atomic E-state index is 13.7. The molecule has 1 fully saturated rings. The first-order valence-corrected chi connectivity index (χ1v) is 12.0. The fraction of sp³-hybridized carbons (Fsp3) is 0.407. The molecule has 0 bridgehead atoms. The van der Waals surface area contributed by atoms with Crippen molar-refractivity contribution in [2.24, 2.45) is 0 Å². The Morgan fingerprint density at radius 3 is 2.68 bits per heavy atom. The van der Waals surface area contributed by atoms with Gasteiger partial charge in [0.2, 0.25) is 5.76 Å². The maximum Gasteiger partial charge on any atom is 0.290 e. The van der Waals surface area contributed by atoms with Crippen LogP contribution in [0.4, 0.5) is 0 Å². The second-order valence-electron chi connectivity index (χ2n) is 8.89. The van der Waals surface area contributed by atoms with E-state index >= 15 is 0 Å². The fourth-order valence-electron chi connectivity index (χ4n) is 4.94. The number of carbonyl (C=O) groups is 1. The van der Waals surface area contributed by atoms with Gasteiger partial charge in [0, 0.05) is 26.2 Å². The van der Waals surface area contributed by atoms with Crippen molar-refractivity contribution < 1.29 is 18.7 Å². The van der Waals surface area contributed by atoms with Crippen LogP contribution in [0.2, 0.25) is 0 Å². The van der Waals surface area contributed by atoms with Crippen molar-refractivity contribution in [1.82, 2.24) is 9.80 Å². The smallest absolute Gasteiger partial charge is 0.290 e. The monoisotopic (exact) mass is 462 g/mol. The van der Waals surface area contributed by atoms with Crippen LogP contribution in [0.15, 0.2) is 51.7 Å². The van der Waals surface area contributed by atoms with E-state index < -0.39 is 6.04 Å². The summed E-state index contributed by atoms with van der Waals surface area (Å²) in [5.74, 6) is 0.637. The largest absolute Gasteiger partial charge is 0.494 e. The Hall–Kier alpha value is -3.16. The molecule has 3 aromatic rings. The number of nitrogens with zero attached hydrogens (tertiary/aromatic N) is 2. The first kappa shape index (κ1) is 22.6. The second-order valence-corrected chi connectivity index (χ2v) is 8.89. The van der Waals surface area contributed by atoms with Crippen LogP contribution in [-0.2, 0) is 4.74 Å². The van der Waals surface area contributed by atoms with Gasteiger partial charge >= 0.3 is 0 Å². The van der Waals surface area contributed by atoms with Crippen LogP contribution in [0.25, 0.3) is 11.0 Å². The van der Waals surface area contributed by atoms with E-state index in [1.54, 1.807) is 11.0 Å². The van der Waals surface area contributed by atoms with Crippen LogP contribution in [0.3, 0.4) is 0 Å². The van der Waals surface area contributed by atoms with Gasteiger partial charge in [-0.1, -0.05) is 23.8 Å². The van der Waals surface area contributed by atoms with E-state index in [-0.39, 0.29) is 17.1 Å². The molecule has 0 saturated carbocycles. The predicted octanol–water partition coefficient (Wildman–Crippen LogP) is 3.77. The van der Waals surface area contributed by atoms with E-state index in [4.69, 9.17) is 13.9 Å². The highest BCUT2D eigenvalue weighted by Crippen LogP contribution is 2.39. The number of hydrogen-bond acceptors (Lipinski definition) is 6. The molecule has 2 aliphatic heterocycles. The third-order valence-electron chi connectivity index (χ3n) is 6.58. The standard InChI is InChI=1S/C27H30N2O5/c1-3-33-20-7-4-6-19(17-20)24-23-25(30)21-16-18(2)8-9-22(21)34-26(23)27(31)29(24)11-5-10-28-12-14-32-15-13-28/h4,6-9,16-17,24H,3,5,10-15H2,1-2H3. The van der Waals surface area contributed by atoms with Gasteiger partial charge in [0.25, 0.3) is 5.91 Å². The molecule has 1 amide bonds. The highest BCUT2D eigenvalue weighted by Gasteiger charge is 2.42. The van der Waals surface area contributed by atoms with E-state index in [9.17, 15) is 9.59 Å². The summed E-state index contributed by atoms with van der Waals surface area (Å²) in [6.07, 6.45) is 0.800. The Bertz CT molecular complexity index is 1260. The molecule has 7 nitrogen and oxygen atoms in total. The normalized spacial score (nSPS) is 18.5. The van der Waals surface area contributed by atoms with Crippen LogP contribution >= 0.6 is 0 Å². The number of rotatable bonds is 7. The molecule has 0 aliphatic carbocycles. The number of amides is 1. The van der Waals surface area contributed by atoms with Crippen LogP contribution < -0.4 is 10.2 Å². The molecule has 178 valence electrons. The first-order chi connectivity index (χ1) is 16.6. The lowest BCUT2D eigenvalue weighted by molar-refractivity contribution is 0.0353. The van der Waals surface area contributed by atoms with Gasteiger partial charge in [0.05, 0.1) is 36.8 Å². The molecule has 0 N–H and O–H groups in total. The summed E-state index contributed by atoms with van der Waals surface area (Å²) in [6.45, 7) is 9.10. The van der Waals surface area contributed by atoms with Crippen molar-refractivity contribution in [2.75, 3.05) is 46.0 Å². The third kappa shape index (κ3) is 4.21. The summed E-state index contributed by atoms with van der Waals surface area (Å²) in [5, 5.41) is 0.507. The number of fused-ring (bicyclic) bond motifs is 2. The zero-order chi connectivity index (χ0) is 23.7. The van der Waals surface area contributed by atoms with Crippen molar-refractivity contribution >= 4 is 16.9 Å². The Kier molecular flexibility index (Phi) is 6.39. The molecule has 1 saturated heterocycles. The molecule has 1 unspecified atom stereocenters. The minimum Gasteiger partial charge on any atom is -0.494 e. The minimum atomic E-state index is -0.506. The SMILES string of the molecule is CCOc1cccc(C2c3c(oc4ccc(C)cc4c3=O)C(=O)N2CCCN2CCOCC2)c1. The van der Waals surface area contributed by atoms with Gasteiger partial charge in [-0.05, 0) is 50.1 Å². The van der Waals surface area contributed by atoms with Gasteiger partial charge in [-0.15, -0.1) is 0 Å². The average Bonchev–Trinajstić information content (AvgIpc) is 3.13. The lowest BCUT2D eigenvalue weighted by atomic mass is 9.98. The van der Waals surface area contributed by atoms with Crippen molar-refractivity contribution in [3.05, 3.63) is 75.1 Å². The number of hydrogen-bond donors (Lipinski definition) is 0. The number of aryl methyl sites for hydroxylation is 1. The van der Waals surface area contributed by atoms with Gasteiger partial charge in [0.1, 0.15) is 11.3 Å². The van der Waals surface area contributed by atoms with Crippen molar-refractivity contribution in [2.45, 2.75) is 26.3 Å². The molecule has 34 heavy (non-hydrogen) atoms. The topological polar surface area (TPSA) is 72.2 Å². The van der Waals surface area contributed by atoms with Gasteiger partial charge in [-0.25, -0.2) is 0 Å². The molecule has 2 aliphatic rings. The van der Waals surface area contributed by atoms with Crippen molar-refractivity contribution in [3.63, 3.8) is 0 Å². The summed E-state index contributed by atoms with van der Waals surface area (Å²) in [6, 6.07) is 12.7. The Labute approximate surface area is 198 Å². The molecule has 0 spiro atoms. The van der Waals surface area contributed by atoms with Gasteiger partial charge in [-0.2, -0.15) is 0 Å². The first-order valence-electron chi connectivity index (χ1n) is 12.0. The Morgan fingerprint density at radius 1 is 1.06 bits per heavy atom. The summed E-state index contributed by atoms with van der Waals surface area (Å²) < 4.78 is 17.2. The van der Waals surface area contributed by atoms with Crippen molar-refractivity contribution in [1.29, 1.82) is 0 Å². The van der Waals surface area contributed by atoms with Gasteiger partial charge in [0.15, 0.2) is 5.43 Å². The van der Waals surface area contributed by atoms with Crippen molar-refractivity contribution in [3.8, 4) is 5.75 Å². The molecule has 3 heterocycles. The maximum absolute atomic E-state index is 13.7. The number of benzene rings is 2. The zero-order valence-electron chi connectivity index (χ0n) is 19.7. The number of morpholine rings is 1. The second kappa shape index (κ2) is 9.60. The summed E-state index contributed by atoms with van der Waals surface area (Å²) >= 11 is 0. The third-order valence-corrected chi connectivity index (χ3v) is 6.58. The fourth-order valence-corrected chi connectivity index (χ4v) is 4.94. The van der Waals surface area contributed by atoms with E-state index in [0.717, 1.165) is 56.1 Å². The molecular formula is C27H30N2O5. The predicted molar refractivity (Wildman–Crippen MR) is 130 cm³/mol. The van der Waals surface area contributed by atoms with E-state index in [1.165, 1.54) is 0 Å². The molecule has 2 aromatic carbocycles. The van der Waals surface area contributed by atoms with Crippen LogP contribution in [0.5, 0.6) is 5.75 Å². The minimum absolute atomic E-state index is 0.143. The highest BCUT2D eigenvalue weighted by molar-refractivity contribution is 5.99. The quantitative estimate of drug-likeness (QED) is 0.532. The summed E-state index contributed by atoms with van der Waals surface area (Å²) in [7, 11) is 0. The average molecular weight is 463 g/mol. The van der Waals surface area contributed by atoms with Crippen LogP contribution in [0.1, 0.15) is 46.6 Å². The van der Waals surface area contributed by atoms with Crippen LogP contribution in [-0.4, -0.2) is 61.7 Å². The van der Waals surface area contributed by atoms with E-state index in [1.807, 2.05) is 50.2 Å². The number of carbonyl (C=O) groups excluding carboxylic acids is 1. The molecule has 0 radical (unpaired) electrons. The Balaban J connectivity index is 1.54. The van der Waals surface area contributed by atoms with Crippen LogP contribution in [0, 0.1) is 6.92 Å².